The van der Waals surface area contributed by atoms with E-state index in [4.69, 9.17) is 0 Å². The number of aromatic nitrogens is 2. The van der Waals surface area contributed by atoms with Crippen LogP contribution in [0.25, 0.3) is 0 Å². The zero-order valence-electron chi connectivity index (χ0n) is 8.88. The van der Waals surface area contributed by atoms with Crippen LogP contribution in [0.15, 0.2) is 30.7 Å². The van der Waals surface area contributed by atoms with Crippen molar-refractivity contribution < 1.29 is 9.53 Å². The molecule has 0 aliphatic heterocycles. The third kappa shape index (κ3) is 4.30. The van der Waals surface area contributed by atoms with Crippen LogP contribution in [0.3, 0.4) is 0 Å². The summed E-state index contributed by atoms with van der Waals surface area (Å²) in [6, 6.07) is 2.07. The molecule has 1 heterocycles. The summed E-state index contributed by atoms with van der Waals surface area (Å²) in [5.41, 5.74) is 0. The van der Waals surface area contributed by atoms with Crippen molar-refractivity contribution in [3.8, 4) is 0 Å². The Morgan fingerprint density at radius 2 is 2.53 bits per heavy atom. The van der Waals surface area contributed by atoms with Crippen molar-refractivity contribution in [1.82, 2.24) is 15.1 Å². The SMILES string of the molecule is COC(=O)/C=C/NC(C)Cn1cccn1. The molecule has 0 amide bonds. The summed E-state index contributed by atoms with van der Waals surface area (Å²) < 4.78 is 6.28. The lowest BCUT2D eigenvalue weighted by Gasteiger charge is -2.11. The van der Waals surface area contributed by atoms with E-state index in [0.29, 0.717) is 0 Å². The number of hydrogen-bond acceptors (Lipinski definition) is 4. The predicted octanol–water partition coefficient (Wildman–Crippen LogP) is 0.548. The van der Waals surface area contributed by atoms with Crippen molar-refractivity contribution in [3.05, 3.63) is 30.7 Å². The van der Waals surface area contributed by atoms with Gasteiger partial charge in [-0.3, -0.25) is 4.68 Å². The topological polar surface area (TPSA) is 56.1 Å². The minimum Gasteiger partial charge on any atom is -0.466 e. The molecule has 5 heteroatoms. The first-order chi connectivity index (χ1) is 7.22. The molecule has 1 aromatic rings. The molecule has 0 saturated carbocycles. The van der Waals surface area contributed by atoms with Crippen LogP contribution in [0.1, 0.15) is 6.92 Å². The average Bonchev–Trinajstić information content (AvgIpc) is 2.70. The molecule has 0 aliphatic rings. The maximum atomic E-state index is 10.7. The maximum Gasteiger partial charge on any atom is 0.331 e. The lowest BCUT2D eigenvalue weighted by molar-refractivity contribution is -0.134. The smallest absolute Gasteiger partial charge is 0.331 e. The second kappa shape index (κ2) is 5.85. The van der Waals surface area contributed by atoms with Crippen LogP contribution in [-0.4, -0.2) is 28.9 Å². The summed E-state index contributed by atoms with van der Waals surface area (Å²) in [5, 5.41) is 7.12. The molecule has 82 valence electrons. The Morgan fingerprint density at radius 1 is 1.73 bits per heavy atom. The second-order valence-electron chi connectivity index (χ2n) is 3.15. The highest BCUT2D eigenvalue weighted by Crippen LogP contribution is 1.90. The van der Waals surface area contributed by atoms with Crippen LogP contribution < -0.4 is 5.32 Å². The first kappa shape index (κ1) is 11.3. The van der Waals surface area contributed by atoms with Crippen LogP contribution in [0.4, 0.5) is 0 Å². The summed E-state index contributed by atoms with van der Waals surface area (Å²) in [5.74, 6) is -0.367. The number of ether oxygens (including phenoxy) is 1. The molecule has 0 saturated heterocycles. The number of hydrogen-bond donors (Lipinski definition) is 1. The minimum atomic E-state index is -0.367. The Balaban J connectivity index is 2.27. The van der Waals surface area contributed by atoms with Gasteiger partial charge in [0.15, 0.2) is 0 Å². The van der Waals surface area contributed by atoms with E-state index in [1.807, 2.05) is 23.9 Å². The molecule has 1 unspecified atom stereocenters. The van der Waals surface area contributed by atoms with Crippen LogP contribution in [-0.2, 0) is 16.1 Å². The summed E-state index contributed by atoms with van der Waals surface area (Å²) in [6.07, 6.45) is 6.55. The number of nitrogens with zero attached hydrogens (tertiary/aromatic N) is 2. The summed E-state index contributed by atoms with van der Waals surface area (Å²) in [7, 11) is 1.35. The molecule has 1 rings (SSSR count). The van der Waals surface area contributed by atoms with Crippen molar-refractivity contribution >= 4 is 5.97 Å². The number of methoxy groups -OCH3 is 1. The van der Waals surface area contributed by atoms with E-state index in [1.54, 1.807) is 12.4 Å². The van der Waals surface area contributed by atoms with E-state index >= 15 is 0 Å². The molecule has 0 fully saturated rings. The molecular formula is C10H15N3O2. The zero-order valence-corrected chi connectivity index (χ0v) is 8.88. The van der Waals surface area contributed by atoms with Gasteiger partial charge >= 0.3 is 5.97 Å². The normalized spacial score (nSPS) is 12.7. The number of carbonyl (C=O) groups excluding carboxylic acids is 1. The molecule has 0 aromatic carbocycles. The third-order valence-electron chi connectivity index (χ3n) is 1.82. The highest BCUT2D eigenvalue weighted by molar-refractivity contribution is 5.81. The number of rotatable bonds is 5. The second-order valence-corrected chi connectivity index (χ2v) is 3.15. The molecule has 0 spiro atoms. The van der Waals surface area contributed by atoms with E-state index in [9.17, 15) is 4.79 Å². The number of nitrogens with one attached hydrogen (secondary N) is 1. The molecule has 1 aromatic heterocycles. The Labute approximate surface area is 88.7 Å². The molecule has 0 radical (unpaired) electrons. The highest BCUT2D eigenvalue weighted by atomic mass is 16.5. The fourth-order valence-electron chi connectivity index (χ4n) is 1.09. The Hall–Kier alpha value is -1.78. The van der Waals surface area contributed by atoms with Crippen molar-refractivity contribution in [2.75, 3.05) is 7.11 Å². The van der Waals surface area contributed by atoms with Crippen LogP contribution in [0.2, 0.25) is 0 Å². The van der Waals surface area contributed by atoms with Gasteiger partial charge in [-0.1, -0.05) is 0 Å². The van der Waals surface area contributed by atoms with Gasteiger partial charge in [0.2, 0.25) is 0 Å². The van der Waals surface area contributed by atoms with Gasteiger partial charge < -0.3 is 10.1 Å². The van der Waals surface area contributed by atoms with E-state index in [2.05, 4.69) is 15.2 Å². The largest absolute Gasteiger partial charge is 0.466 e. The van der Waals surface area contributed by atoms with Gasteiger partial charge in [-0.2, -0.15) is 5.10 Å². The highest BCUT2D eigenvalue weighted by Gasteiger charge is 1.99. The zero-order chi connectivity index (χ0) is 11.1. The summed E-state index contributed by atoms with van der Waals surface area (Å²) in [6.45, 7) is 2.75. The van der Waals surface area contributed by atoms with E-state index in [1.165, 1.54) is 13.2 Å². The molecule has 15 heavy (non-hydrogen) atoms. The van der Waals surface area contributed by atoms with Gasteiger partial charge in [0.25, 0.3) is 0 Å². The monoisotopic (exact) mass is 209 g/mol. The van der Waals surface area contributed by atoms with Gasteiger partial charge in [0, 0.05) is 30.7 Å². The maximum absolute atomic E-state index is 10.7. The quantitative estimate of drug-likeness (QED) is 0.568. The minimum absolute atomic E-state index is 0.200. The lowest BCUT2D eigenvalue weighted by Crippen LogP contribution is -2.26. The van der Waals surface area contributed by atoms with Crippen molar-refractivity contribution in [2.45, 2.75) is 19.5 Å². The molecular weight excluding hydrogens is 194 g/mol. The van der Waals surface area contributed by atoms with Crippen LogP contribution in [0.5, 0.6) is 0 Å². The van der Waals surface area contributed by atoms with Crippen molar-refractivity contribution in [3.63, 3.8) is 0 Å². The third-order valence-corrected chi connectivity index (χ3v) is 1.82. The summed E-state index contributed by atoms with van der Waals surface area (Å²) >= 11 is 0. The van der Waals surface area contributed by atoms with Gasteiger partial charge in [0.1, 0.15) is 0 Å². The lowest BCUT2D eigenvalue weighted by atomic mass is 10.3. The first-order valence-electron chi connectivity index (χ1n) is 4.70. The first-order valence-corrected chi connectivity index (χ1v) is 4.70. The molecule has 1 atom stereocenters. The van der Waals surface area contributed by atoms with E-state index in [-0.39, 0.29) is 12.0 Å². The van der Waals surface area contributed by atoms with Crippen molar-refractivity contribution in [2.24, 2.45) is 0 Å². The summed E-state index contributed by atoms with van der Waals surface area (Å²) in [4.78, 5) is 10.7. The van der Waals surface area contributed by atoms with Crippen LogP contribution >= 0.6 is 0 Å². The van der Waals surface area contributed by atoms with E-state index in [0.717, 1.165) is 6.54 Å². The van der Waals surface area contributed by atoms with Crippen LogP contribution in [0, 0.1) is 0 Å². The molecule has 1 N–H and O–H groups in total. The number of carbonyl (C=O) groups is 1. The van der Waals surface area contributed by atoms with Gasteiger partial charge in [0.05, 0.1) is 13.7 Å². The van der Waals surface area contributed by atoms with Crippen molar-refractivity contribution in [1.29, 1.82) is 0 Å². The molecule has 0 bridgehead atoms. The van der Waals surface area contributed by atoms with Gasteiger partial charge in [-0.15, -0.1) is 0 Å². The fraction of sp³-hybridized carbons (Fsp3) is 0.400. The standard InChI is InChI=1S/C10H15N3O2/c1-9(8-13-7-3-5-12-13)11-6-4-10(14)15-2/h3-7,9,11H,8H2,1-2H3/b6-4+. The Kier molecular flexibility index (Phi) is 4.40. The van der Waals surface area contributed by atoms with E-state index < -0.39 is 0 Å². The predicted molar refractivity (Wildman–Crippen MR) is 56.0 cm³/mol. The van der Waals surface area contributed by atoms with Gasteiger partial charge in [-0.25, -0.2) is 4.79 Å². The Morgan fingerprint density at radius 3 is 3.13 bits per heavy atom. The molecule has 0 aliphatic carbocycles. The fourth-order valence-corrected chi connectivity index (χ4v) is 1.09. The number of esters is 1. The molecule has 5 nitrogen and oxygen atoms in total. The van der Waals surface area contributed by atoms with Gasteiger partial charge in [-0.05, 0) is 13.0 Å². The average molecular weight is 209 g/mol. The Bertz CT molecular complexity index is 319.